The van der Waals surface area contributed by atoms with Crippen LogP contribution in [0.2, 0.25) is 0 Å². The Morgan fingerprint density at radius 3 is 2.84 bits per heavy atom. The van der Waals surface area contributed by atoms with E-state index in [0.717, 1.165) is 22.6 Å². The third-order valence-corrected chi connectivity index (χ3v) is 3.08. The van der Waals surface area contributed by atoms with E-state index in [1.807, 2.05) is 31.3 Å². The Kier molecular flexibility index (Phi) is 4.06. The first-order valence-corrected chi connectivity index (χ1v) is 6.39. The van der Waals surface area contributed by atoms with Crippen LogP contribution in [0.25, 0.3) is 0 Å². The van der Waals surface area contributed by atoms with Crippen molar-refractivity contribution in [1.29, 1.82) is 0 Å². The van der Waals surface area contributed by atoms with Crippen LogP contribution < -0.4 is 11.1 Å². The number of thiocarbonyl (C=S) groups is 1. The van der Waals surface area contributed by atoms with Crippen molar-refractivity contribution in [3.8, 4) is 0 Å². The van der Waals surface area contributed by atoms with Gasteiger partial charge >= 0.3 is 0 Å². The maximum absolute atomic E-state index is 5.65. The SMILES string of the molecule is Cc1cc(C(N)=S)cc(NCc2cnccc2C)n1. The molecular formula is C14H16N4S. The number of aryl methyl sites for hydroxylation is 2. The minimum Gasteiger partial charge on any atom is -0.389 e. The topological polar surface area (TPSA) is 63.8 Å². The van der Waals surface area contributed by atoms with Gasteiger partial charge in [0.05, 0.1) is 0 Å². The Hall–Kier alpha value is -2.01. The fourth-order valence-electron chi connectivity index (χ4n) is 1.77. The average Bonchev–Trinajstić information content (AvgIpc) is 2.37. The molecule has 0 saturated heterocycles. The molecule has 0 amide bonds. The summed E-state index contributed by atoms with van der Waals surface area (Å²) in [6.45, 7) is 4.65. The lowest BCUT2D eigenvalue weighted by atomic mass is 10.1. The van der Waals surface area contributed by atoms with Gasteiger partial charge < -0.3 is 11.1 Å². The lowest BCUT2D eigenvalue weighted by Gasteiger charge is -2.10. The fraction of sp³-hybridized carbons (Fsp3) is 0.214. The quantitative estimate of drug-likeness (QED) is 0.836. The van der Waals surface area contributed by atoms with Gasteiger partial charge in [-0.05, 0) is 43.2 Å². The molecule has 0 fully saturated rings. The third kappa shape index (κ3) is 3.48. The molecule has 0 aliphatic carbocycles. The van der Waals surface area contributed by atoms with Gasteiger partial charge in [0.2, 0.25) is 0 Å². The molecule has 98 valence electrons. The number of hydrogen-bond acceptors (Lipinski definition) is 4. The summed E-state index contributed by atoms with van der Waals surface area (Å²) in [6.07, 6.45) is 3.64. The van der Waals surface area contributed by atoms with E-state index < -0.39 is 0 Å². The standard InChI is InChI=1S/C14H16N4S/c1-9-3-4-16-7-12(9)8-17-13-6-11(14(15)19)5-10(2)18-13/h3-7H,8H2,1-2H3,(H2,15,19)(H,17,18). The van der Waals surface area contributed by atoms with Gasteiger partial charge in [-0.25, -0.2) is 4.98 Å². The predicted octanol–water partition coefficient (Wildman–Crippen LogP) is 2.34. The van der Waals surface area contributed by atoms with Crippen LogP contribution in [-0.2, 0) is 6.54 Å². The van der Waals surface area contributed by atoms with Crippen LogP contribution in [0, 0.1) is 13.8 Å². The van der Waals surface area contributed by atoms with Crippen molar-refractivity contribution in [2.45, 2.75) is 20.4 Å². The first-order chi connectivity index (χ1) is 9.06. The van der Waals surface area contributed by atoms with Gasteiger partial charge in [-0.1, -0.05) is 12.2 Å². The zero-order chi connectivity index (χ0) is 13.8. The number of nitrogens with two attached hydrogens (primary N) is 1. The molecule has 0 aliphatic heterocycles. The fourth-order valence-corrected chi connectivity index (χ4v) is 1.89. The molecule has 0 aromatic carbocycles. The van der Waals surface area contributed by atoms with Crippen LogP contribution in [0.4, 0.5) is 5.82 Å². The molecule has 5 heteroatoms. The van der Waals surface area contributed by atoms with Crippen LogP contribution in [0.3, 0.4) is 0 Å². The highest BCUT2D eigenvalue weighted by Crippen LogP contribution is 2.12. The van der Waals surface area contributed by atoms with Gasteiger partial charge in [0.1, 0.15) is 10.8 Å². The number of nitrogens with zero attached hydrogens (tertiary/aromatic N) is 2. The Morgan fingerprint density at radius 2 is 2.16 bits per heavy atom. The molecule has 3 N–H and O–H groups in total. The predicted molar refractivity (Wildman–Crippen MR) is 81.2 cm³/mol. The number of nitrogens with one attached hydrogen (secondary N) is 1. The highest BCUT2D eigenvalue weighted by Gasteiger charge is 2.03. The maximum Gasteiger partial charge on any atom is 0.127 e. The van der Waals surface area contributed by atoms with Crippen LogP contribution in [0.15, 0.2) is 30.6 Å². The molecule has 4 nitrogen and oxygen atoms in total. The van der Waals surface area contributed by atoms with E-state index in [0.29, 0.717) is 11.5 Å². The lowest BCUT2D eigenvalue weighted by molar-refractivity contribution is 1.05. The molecule has 0 atom stereocenters. The molecule has 0 saturated carbocycles. The zero-order valence-corrected chi connectivity index (χ0v) is 11.8. The van der Waals surface area contributed by atoms with Crippen LogP contribution in [0.5, 0.6) is 0 Å². The van der Waals surface area contributed by atoms with E-state index in [2.05, 4.69) is 22.2 Å². The van der Waals surface area contributed by atoms with Crippen LogP contribution in [-0.4, -0.2) is 15.0 Å². The minimum atomic E-state index is 0.381. The molecule has 2 heterocycles. The van der Waals surface area contributed by atoms with Crippen molar-refractivity contribution in [2.75, 3.05) is 5.32 Å². The van der Waals surface area contributed by atoms with E-state index in [-0.39, 0.29) is 0 Å². The Labute approximate surface area is 118 Å². The summed E-state index contributed by atoms with van der Waals surface area (Å²) in [4.78, 5) is 8.91. The molecule has 0 aliphatic rings. The van der Waals surface area contributed by atoms with Crippen molar-refractivity contribution in [1.82, 2.24) is 9.97 Å². The molecule has 19 heavy (non-hydrogen) atoms. The van der Waals surface area contributed by atoms with Crippen molar-refractivity contribution < 1.29 is 0 Å². The summed E-state index contributed by atoms with van der Waals surface area (Å²) in [5.41, 5.74) is 9.70. The van der Waals surface area contributed by atoms with Crippen molar-refractivity contribution in [3.63, 3.8) is 0 Å². The van der Waals surface area contributed by atoms with E-state index in [9.17, 15) is 0 Å². The minimum absolute atomic E-state index is 0.381. The molecule has 0 unspecified atom stereocenters. The molecule has 2 aromatic heterocycles. The first-order valence-electron chi connectivity index (χ1n) is 5.98. The van der Waals surface area contributed by atoms with Crippen molar-refractivity contribution >= 4 is 23.0 Å². The van der Waals surface area contributed by atoms with E-state index in [1.165, 1.54) is 5.56 Å². The molecular weight excluding hydrogens is 256 g/mol. The summed E-state index contributed by atoms with van der Waals surface area (Å²) in [7, 11) is 0. The summed E-state index contributed by atoms with van der Waals surface area (Å²) in [6, 6.07) is 5.73. The second-order valence-electron chi connectivity index (χ2n) is 4.40. The van der Waals surface area contributed by atoms with Crippen molar-refractivity contribution in [2.24, 2.45) is 5.73 Å². The average molecular weight is 272 g/mol. The summed E-state index contributed by atoms with van der Waals surface area (Å²) < 4.78 is 0. The van der Waals surface area contributed by atoms with Crippen LogP contribution >= 0.6 is 12.2 Å². The highest BCUT2D eigenvalue weighted by molar-refractivity contribution is 7.80. The number of aromatic nitrogens is 2. The summed E-state index contributed by atoms with van der Waals surface area (Å²) >= 11 is 4.99. The third-order valence-electron chi connectivity index (χ3n) is 2.85. The van der Waals surface area contributed by atoms with Gasteiger partial charge in [0.15, 0.2) is 0 Å². The van der Waals surface area contributed by atoms with E-state index in [4.69, 9.17) is 18.0 Å². The normalized spacial score (nSPS) is 10.2. The van der Waals surface area contributed by atoms with E-state index >= 15 is 0 Å². The number of rotatable bonds is 4. The Balaban J connectivity index is 2.16. The zero-order valence-electron chi connectivity index (χ0n) is 11.0. The van der Waals surface area contributed by atoms with Gasteiger partial charge in [0, 0.05) is 30.2 Å². The first kappa shape index (κ1) is 13.4. The van der Waals surface area contributed by atoms with E-state index in [1.54, 1.807) is 6.20 Å². The molecule has 0 bridgehead atoms. The number of anilines is 1. The lowest BCUT2D eigenvalue weighted by Crippen LogP contribution is -2.11. The monoisotopic (exact) mass is 272 g/mol. The second-order valence-corrected chi connectivity index (χ2v) is 4.84. The summed E-state index contributed by atoms with van der Waals surface area (Å²) in [5, 5.41) is 3.27. The van der Waals surface area contributed by atoms with Gasteiger partial charge in [-0.15, -0.1) is 0 Å². The Morgan fingerprint density at radius 1 is 1.37 bits per heavy atom. The largest absolute Gasteiger partial charge is 0.389 e. The Bertz CT molecular complexity index is 610. The molecule has 2 rings (SSSR count). The maximum atomic E-state index is 5.65. The van der Waals surface area contributed by atoms with Crippen molar-refractivity contribution in [3.05, 3.63) is 53.0 Å². The van der Waals surface area contributed by atoms with Gasteiger partial charge in [0.25, 0.3) is 0 Å². The number of hydrogen-bond donors (Lipinski definition) is 2. The molecule has 2 aromatic rings. The van der Waals surface area contributed by atoms with Gasteiger partial charge in [-0.3, -0.25) is 4.98 Å². The second kappa shape index (κ2) is 5.75. The van der Waals surface area contributed by atoms with Gasteiger partial charge in [-0.2, -0.15) is 0 Å². The summed E-state index contributed by atoms with van der Waals surface area (Å²) in [5.74, 6) is 0.769. The van der Waals surface area contributed by atoms with Crippen LogP contribution in [0.1, 0.15) is 22.4 Å². The smallest absolute Gasteiger partial charge is 0.127 e. The number of pyridine rings is 2. The highest BCUT2D eigenvalue weighted by atomic mass is 32.1. The molecule has 0 radical (unpaired) electrons. The molecule has 0 spiro atoms.